The van der Waals surface area contributed by atoms with Gasteiger partial charge < -0.3 is 10.2 Å². The number of benzene rings is 1. The fourth-order valence-electron chi connectivity index (χ4n) is 1.61. The number of amides is 2. The molecule has 0 bridgehead atoms. The maximum absolute atomic E-state index is 12.1. The smallest absolute Gasteiger partial charge is 0.254 e. The Labute approximate surface area is 122 Å². The average Bonchev–Trinajstić information content (AvgIpc) is 2.38. The number of nitrogens with zero attached hydrogens (tertiary/aromatic N) is 1. The van der Waals surface area contributed by atoms with Crippen molar-refractivity contribution in [1.29, 1.82) is 0 Å². The van der Waals surface area contributed by atoms with E-state index in [0.29, 0.717) is 12.1 Å². The number of likely N-dealkylation sites (N-methyl/N-ethyl adjacent to an activating group) is 1. The van der Waals surface area contributed by atoms with Crippen LogP contribution in [0.1, 0.15) is 29.3 Å². The SMILES string of the molecule is CCCNC(=O)CN(C)C(=O)c1ccc(Br)c(C)c1. The second-order valence-electron chi connectivity index (χ2n) is 4.48. The first kappa shape index (κ1) is 15.7. The lowest BCUT2D eigenvalue weighted by atomic mass is 10.1. The molecule has 0 aliphatic rings. The van der Waals surface area contributed by atoms with Crippen molar-refractivity contribution in [3.63, 3.8) is 0 Å². The molecule has 0 spiro atoms. The second kappa shape index (κ2) is 7.28. The van der Waals surface area contributed by atoms with E-state index < -0.39 is 0 Å². The maximum Gasteiger partial charge on any atom is 0.254 e. The van der Waals surface area contributed by atoms with Crippen LogP contribution in [0.4, 0.5) is 0 Å². The lowest BCUT2D eigenvalue weighted by molar-refractivity contribution is -0.121. The van der Waals surface area contributed by atoms with Gasteiger partial charge in [-0.1, -0.05) is 22.9 Å². The van der Waals surface area contributed by atoms with E-state index in [1.54, 1.807) is 13.1 Å². The predicted molar refractivity (Wildman–Crippen MR) is 79.1 cm³/mol. The number of carbonyl (C=O) groups is 2. The van der Waals surface area contributed by atoms with Crippen LogP contribution in [-0.2, 0) is 4.79 Å². The molecule has 4 nitrogen and oxygen atoms in total. The standard InChI is InChI=1S/C14H19BrN2O2/c1-4-7-16-13(18)9-17(3)14(19)11-5-6-12(15)10(2)8-11/h5-6,8H,4,7,9H2,1-3H3,(H,16,18). The van der Waals surface area contributed by atoms with Gasteiger partial charge in [-0.2, -0.15) is 0 Å². The van der Waals surface area contributed by atoms with E-state index in [0.717, 1.165) is 16.5 Å². The molecular formula is C14H19BrN2O2. The van der Waals surface area contributed by atoms with Crippen LogP contribution in [0, 0.1) is 6.92 Å². The predicted octanol–water partition coefficient (Wildman–Crippen LogP) is 2.36. The molecule has 1 N–H and O–H groups in total. The lowest BCUT2D eigenvalue weighted by Gasteiger charge is -2.17. The van der Waals surface area contributed by atoms with E-state index in [1.807, 2.05) is 26.0 Å². The van der Waals surface area contributed by atoms with Crippen LogP contribution < -0.4 is 5.32 Å². The number of carbonyl (C=O) groups excluding carboxylic acids is 2. The molecule has 0 radical (unpaired) electrons. The number of hydrogen-bond acceptors (Lipinski definition) is 2. The van der Waals surface area contributed by atoms with Crippen LogP contribution >= 0.6 is 15.9 Å². The molecule has 0 saturated carbocycles. The fraction of sp³-hybridized carbons (Fsp3) is 0.429. The highest BCUT2D eigenvalue weighted by atomic mass is 79.9. The molecule has 19 heavy (non-hydrogen) atoms. The van der Waals surface area contributed by atoms with Gasteiger partial charge in [-0.25, -0.2) is 0 Å². The minimum absolute atomic E-state index is 0.0773. The second-order valence-corrected chi connectivity index (χ2v) is 5.33. The first-order valence-electron chi connectivity index (χ1n) is 6.24. The van der Waals surface area contributed by atoms with Gasteiger partial charge in [0.2, 0.25) is 5.91 Å². The third kappa shape index (κ3) is 4.67. The Morgan fingerprint density at radius 2 is 2.05 bits per heavy atom. The van der Waals surface area contributed by atoms with E-state index in [-0.39, 0.29) is 18.4 Å². The summed E-state index contributed by atoms with van der Waals surface area (Å²) in [6, 6.07) is 5.40. The van der Waals surface area contributed by atoms with E-state index >= 15 is 0 Å². The van der Waals surface area contributed by atoms with Crippen molar-refractivity contribution in [2.75, 3.05) is 20.1 Å². The Balaban J connectivity index is 2.66. The zero-order valence-electron chi connectivity index (χ0n) is 11.5. The Hall–Kier alpha value is -1.36. The van der Waals surface area contributed by atoms with Crippen molar-refractivity contribution in [2.24, 2.45) is 0 Å². The monoisotopic (exact) mass is 326 g/mol. The van der Waals surface area contributed by atoms with Crippen molar-refractivity contribution in [3.8, 4) is 0 Å². The molecule has 0 fully saturated rings. The molecule has 0 atom stereocenters. The molecule has 2 amide bonds. The molecule has 1 aromatic rings. The number of halogens is 1. The summed E-state index contributed by atoms with van der Waals surface area (Å²) in [7, 11) is 1.63. The minimum atomic E-state index is -0.151. The number of aryl methyl sites for hydroxylation is 1. The highest BCUT2D eigenvalue weighted by molar-refractivity contribution is 9.10. The molecular weight excluding hydrogens is 308 g/mol. The number of nitrogens with one attached hydrogen (secondary N) is 1. The zero-order chi connectivity index (χ0) is 14.4. The zero-order valence-corrected chi connectivity index (χ0v) is 13.1. The largest absolute Gasteiger partial charge is 0.355 e. The van der Waals surface area contributed by atoms with Crippen LogP contribution in [0.2, 0.25) is 0 Å². The van der Waals surface area contributed by atoms with Gasteiger partial charge in [0.15, 0.2) is 0 Å². The van der Waals surface area contributed by atoms with E-state index in [9.17, 15) is 9.59 Å². The van der Waals surface area contributed by atoms with Gasteiger partial charge >= 0.3 is 0 Å². The fourth-order valence-corrected chi connectivity index (χ4v) is 1.85. The Morgan fingerprint density at radius 3 is 2.63 bits per heavy atom. The van der Waals surface area contributed by atoms with Gasteiger partial charge in [0.05, 0.1) is 6.54 Å². The van der Waals surface area contributed by atoms with Crippen LogP contribution in [0.3, 0.4) is 0 Å². The van der Waals surface area contributed by atoms with Crippen LogP contribution in [0.25, 0.3) is 0 Å². The molecule has 104 valence electrons. The molecule has 0 heterocycles. The van der Waals surface area contributed by atoms with E-state index in [2.05, 4.69) is 21.2 Å². The molecule has 0 aliphatic heterocycles. The van der Waals surface area contributed by atoms with Gasteiger partial charge in [-0.15, -0.1) is 0 Å². The van der Waals surface area contributed by atoms with E-state index in [1.165, 1.54) is 4.90 Å². The molecule has 0 unspecified atom stereocenters. The van der Waals surface area contributed by atoms with Crippen molar-refractivity contribution in [1.82, 2.24) is 10.2 Å². The summed E-state index contributed by atoms with van der Waals surface area (Å²) in [5.41, 5.74) is 1.58. The highest BCUT2D eigenvalue weighted by Crippen LogP contribution is 2.17. The van der Waals surface area contributed by atoms with Gasteiger partial charge in [0, 0.05) is 23.6 Å². The van der Waals surface area contributed by atoms with Crippen LogP contribution in [0.15, 0.2) is 22.7 Å². The topological polar surface area (TPSA) is 49.4 Å². The normalized spacial score (nSPS) is 10.1. The van der Waals surface area contributed by atoms with Crippen LogP contribution in [0.5, 0.6) is 0 Å². The van der Waals surface area contributed by atoms with Crippen molar-refractivity contribution < 1.29 is 9.59 Å². The summed E-state index contributed by atoms with van der Waals surface area (Å²) < 4.78 is 0.965. The van der Waals surface area contributed by atoms with Gasteiger partial charge in [0.1, 0.15) is 0 Å². The molecule has 1 aromatic carbocycles. The quantitative estimate of drug-likeness (QED) is 0.903. The van der Waals surface area contributed by atoms with Crippen molar-refractivity contribution in [3.05, 3.63) is 33.8 Å². The number of rotatable bonds is 5. The molecule has 0 aliphatic carbocycles. The average molecular weight is 327 g/mol. The van der Waals surface area contributed by atoms with Gasteiger partial charge in [-0.3, -0.25) is 9.59 Å². The minimum Gasteiger partial charge on any atom is -0.355 e. The van der Waals surface area contributed by atoms with Crippen LogP contribution in [-0.4, -0.2) is 36.9 Å². The summed E-state index contributed by atoms with van der Waals surface area (Å²) in [6.07, 6.45) is 0.884. The molecule has 1 rings (SSSR count). The molecule has 0 saturated heterocycles. The lowest BCUT2D eigenvalue weighted by Crippen LogP contribution is -2.38. The Morgan fingerprint density at radius 1 is 1.37 bits per heavy atom. The third-order valence-electron chi connectivity index (χ3n) is 2.70. The van der Waals surface area contributed by atoms with Gasteiger partial charge in [-0.05, 0) is 37.1 Å². The molecule has 0 aromatic heterocycles. The Bertz CT molecular complexity index is 475. The number of hydrogen-bond donors (Lipinski definition) is 1. The molecule has 5 heteroatoms. The first-order valence-corrected chi connectivity index (χ1v) is 7.03. The summed E-state index contributed by atoms with van der Waals surface area (Å²) in [5, 5.41) is 2.75. The van der Waals surface area contributed by atoms with Crippen molar-refractivity contribution >= 4 is 27.7 Å². The van der Waals surface area contributed by atoms with Gasteiger partial charge in [0.25, 0.3) is 5.91 Å². The summed E-state index contributed by atoms with van der Waals surface area (Å²) >= 11 is 3.40. The maximum atomic E-state index is 12.1. The summed E-state index contributed by atoms with van der Waals surface area (Å²) in [5.74, 6) is -0.284. The van der Waals surface area contributed by atoms with Crippen molar-refractivity contribution in [2.45, 2.75) is 20.3 Å². The summed E-state index contributed by atoms with van der Waals surface area (Å²) in [4.78, 5) is 25.1. The Kier molecular flexibility index (Phi) is 6.02. The highest BCUT2D eigenvalue weighted by Gasteiger charge is 2.15. The van der Waals surface area contributed by atoms with E-state index in [4.69, 9.17) is 0 Å². The summed E-state index contributed by atoms with van der Waals surface area (Å²) in [6.45, 7) is 4.63. The third-order valence-corrected chi connectivity index (χ3v) is 3.59. The first-order chi connectivity index (χ1) is 8.95.